The van der Waals surface area contributed by atoms with Crippen molar-refractivity contribution in [2.75, 3.05) is 5.75 Å². The number of sulfone groups is 1. The van der Waals surface area contributed by atoms with Gasteiger partial charge in [0.1, 0.15) is 0 Å². The molecule has 0 saturated carbocycles. The van der Waals surface area contributed by atoms with Gasteiger partial charge >= 0.3 is 0 Å². The Balaban J connectivity index is 2.91. The number of hydrogen-bond donors (Lipinski definition) is 1. The highest BCUT2D eigenvalue weighted by Crippen LogP contribution is 2.23. The summed E-state index contributed by atoms with van der Waals surface area (Å²) in [6, 6.07) is 5.15. The molecule has 0 atom stereocenters. The molecule has 0 unspecified atom stereocenters. The second-order valence-electron chi connectivity index (χ2n) is 4.76. The lowest BCUT2D eigenvalue weighted by Gasteiger charge is -2.18. The van der Waals surface area contributed by atoms with E-state index in [1.54, 1.807) is 32.0 Å². The third-order valence-electron chi connectivity index (χ3n) is 1.98. The van der Waals surface area contributed by atoms with Crippen LogP contribution in [0.15, 0.2) is 22.7 Å². The lowest BCUT2D eigenvalue weighted by Crippen LogP contribution is -2.40. The molecule has 0 radical (unpaired) electrons. The molecule has 1 aromatic rings. The van der Waals surface area contributed by atoms with Gasteiger partial charge in [0.2, 0.25) is 0 Å². The summed E-state index contributed by atoms with van der Waals surface area (Å²) < 4.78 is 24.6. The van der Waals surface area contributed by atoms with E-state index in [0.29, 0.717) is 10.6 Å². The summed E-state index contributed by atoms with van der Waals surface area (Å²) in [5.41, 5.74) is 5.58. The summed E-state index contributed by atoms with van der Waals surface area (Å²) in [5, 5.41) is 0.442. The summed E-state index contributed by atoms with van der Waals surface area (Å²) in [6.07, 6.45) is 0. The van der Waals surface area contributed by atoms with Crippen LogP contribution in [0, 0.1) is 0 Å². The highest BCUT2D eigenvalue weighted by atomic mass is 79.9. The van der Waals surface area contributed by atoms with Crippen molar-refractivity contribution < 1.29 is 8.42 Å². The summed E-state index contributed by atoms with van der Waals surface area (Å²) in [5.74, 6) is -0.147. The molecule has 0 aliphatic heterocycles. The van der Waals surface area contributed by atoms with Crippen LogP contribution in [0.25, 0.3) is 0 Å². The van der Waals surface area contributed by atoms with Crippen LogP contribution in [-0.2, 0) is 15.6 Å². The molecule has 0 heterocycles. The van der Waals surface area contributed by atoms with E-state index in [1.165, 1.54) is 0 Å². The largest absolute Gasteiger partial charge is 0.325 e. The Morgan fingerprint density at radius 1 is 1.41 bits per heavy atom. The summed E-state index contributed by atoms with van der Waals surface area (Å²) in [6.45, 7) is 3.38. The van der Waals surface area contributed by atoms with Gasteiger partial charge in [-0.1, -0.05) is 33.6 Å². The Hall–Kier alpha value is -0.100. The third kappa shape index (κ3) is 5.38. The lowest BCUT2D eigenvalue weighted by atomic mass is 10.1. The molecular weight excluding hydrogens is 326 g/mol. The van der Waals surface area contributed by atoms with Crippen LogP contribution in [0.2, 0.25) is 5.02 Å². The van der Waals surface area contributed by atoms with Crippen LogP contribution in [0.4, 0.5) is 0 Å². The summed E-state index contributed by atoms with van der Waals surface area (Å²) >= 11 is 9.25. The summed E-state index contributed by atoms with van der Waals surface area (Å²) in [4.78, 5) is 0. The predicted molar refractivity (Wildman–Crippen MR) is 74.9 cm³/mol. The van der Waals surface area contributed by atoms with E-state index in [4.69, 9.17) is 17.3 Å². The number of hydrogen-bond acceptors (Lipinski definition) is 3. The molecule has 0 fully saturated rings. The first-order chi connectivity index (χ1) is 7.59. The molecule has 6 heteroatoms. The molecule has 0 bridgehead atoms. The molecule has 0 spiro atoms. The van der Waals surface area contributed by atoms with Gasteiger partial charge in [0, 0.05) is 15.0 Å². The molecule has 3 nitrogen and oxygen atoms in total. The number of nitrogens with two attached hydrogens (primary N) is 1. The fourth-order valence-corrected chi connectivity index (χ4v) is 4.27. The van der Waals surface area contributed by atoms with Crippen LogP contribution >= 0.6 is 27.5 Å². The maximum atomic E-state index is 11.9. The van der Waals surface area contributed by atoms with E-state index in [-0.39, 0.29) is 11.5 Å². The van der Waals surface area contributed by atoms with Crippen molar-refractivity contribution in [3.63, 3.8) is 0 Å². The molecule has 0 aromatic heterocycles. The van der Waals surface area contributed by atoms with Crippen LogP contribution in [0.5, 0.6) is 0 Å². The van der Waals surface area contributed by atoms with Crippen molar-refractivity contribution >= 4 is 37.4 Å². The maximum Gasteiger partial charge on any atom is 0.156 e. The van der Waals surface area contributed by atoms with Crippen molar-refractivity contribution in [1.29, 1.82) is 0 Å². The lowest BCUT2D eigenvalue weighted by molar-refractivity contribution is 0.544. The first-order valence-corrected chi connectivity index (χ1v) is 8.01. The molecule has 0 aliphatic rings. The Morgan fingerprint density at radius 2 is 2.00 bits per heavy atom. The Bertz CT molecular complexity index is 509. The van der Waals surface area contributed by atoms with Crippen molar-refractivity contribution in [1.82, 2.24) is 0 Å². The Morgan fingerprint density at radius 3 is 2.47 bits per heavy atom. The van der Waals surface area contributed by atoms with Crippen LogP contribution < -0.4 is 5.73 Å². The van der Waals surface area contributed by atoms with Gasteiger partial charge < -0.3 is 5.73 Å². The number of rotatable bonds is 4. The monoisotopic (exact) mass is 339 g/mol. The number of benzene rings is 1. The molecule has 1 aromatic carbocycles. The van der Waals surface area contributed by atoms with Crippen LogP contribution in [0.3, 0.4) is 0 Å². The topological polar surface area (TPSA) is 60.2 Å². The van der Waals surface area contributed by atoms with Gasteiger partial charge in [0.15, 0.2) is 9.84 Å². The molecular formula is C11H15BrClNO2S. The van der Waals surface area contributed by atoms with E-state index >= 15 is 0 Å². The molecule has 96 valence electrons. The van der Waals surface area contributed by atoms with E-state index in [1.807, 2.05) is 0 Å². The van der Waals surface area contributed by atoms with Crippen molar-refractivity contribution in [2.24, 2.45) is 5.73 Å². The minimum absolute atomic E-state index is 0.0631. The van der Waals surface area contributed by atoms with Gasteiger partial charge in [-0.2, -0.15) is 0 Å². The van der Waals surface area contributed by atoms with Crippen molar-refractivity contribution in [2.45, 2.75) is 25.1 Å². The maximum absolute atomic E-state index is 11.9. The first-order valence-electron chi connectivity index (χ1n) is 5.02. The molecule has 0 saturated heterocycles. The van der Waals surface area contributed by atoms with E-state index in [0.717, 1.165) is 4.47 Å². The molecule has 2 N–H and O–H groups in total. The van der Waals surface area contributed by atoms with Gasteiger partial charge in [-0.15, -0.1) is 0 Å². The van der Waals surface area contributed by atoms with Crippen LogP contribution in [0.1, 0.15) is 19.4 Å². The fraction of sp³-hybridized carbons (Fsp3) is 0.455. The third-order valence-corrected chi connectivity index (χ3v) is 4.76. The molecule has 1 rings (SSSR count). The second-order valence-corrected chi connectivity index (χ2v) is 8.14. The fourth-order valence-electron chi connectivity index (χ4n) is 1.49. The Labute approximate surface area is 115 Å². The molecule has 0 amide bonds. The van der Waals surface area contributed by atoms with Gasteiger partial charge in [-0.05, 0) is 31.5 Å². The van der Waals surface area contributed by atoms with E-state index < -0.39 is 15.4 Å². The first kappa shape index (κ1) is 15.0. The van der Waals surface area contributed by atoms with Gasteiger partial charge in [0.05, 0.1) is 11.5 Å². The molecule has 17 heavy (non-hydrogen) atoms. The standard InChI is InChI=1S/C11H15BrClNO2S/c1-11(2,14)7-17(15,16)6-8-3-4-9(12)5-10(8)13/h3-5H,6-7,14H2,1-2H3. The summed E-state index contributed by atoms with van der Waals surface area (Å²) in [7, 11) is -3.25. The van der Waals surface area contributed by atoms with Gasteiger partial charge in [0.25, 0.3) is 0 Å². The Kier molecular flexibility index (Phi) is 4.63. The van der Waals surface area contributed by atoms with Gasteiger partial charge in [-0.3, -0.25) is 0 Å². The zero-order valence-corrected chi connectivity index (χ0v) is 12.9. The zero-order valence-electron chi connectivity index (χ0n) is 9.70. The SMILES string of the molecule is CC(C)(N)CS(=O)(=O)Cc1ccc(Br)cc1Cl. The van der Waals surface area contributed by atoms with Crippen molar-refractivity contribution in [3.05, 3.63) is 33.3 Å². The van der Waals surface area contributed by atoms with E-state index in [9.17, 15) is 8.42 Å². The zero-order chi connectivity index (χ0) is 13.3. The highest BCUT2D eigenvalue weighted by Gasteiger charge is 2.23. The average molecular weight is 341 g/mol. The minimum Gasteiger partial charge on any atom is -0.325 e. The van der Waals surface area contributed by atoms with E-state index in [2.05, 4.69) is 15.9 Å². The van der Waals surface area contributed by atoms with Crippen LogP contribution in [-0.4, -0.2) is 19.7 Å². The van der Waals surface area contributed by atoms with Gasteiger partial charge in [-0.25, -0.2) is 8.42 Å². The normalized spacial score (nSPS) is 12.8. The predicted octanol–water partition coefficient (Wildman–Crippen LogP) is 2.75. The highest BCUT2D eigenvalue weighted by molar-refractivity contribution is 9.10. The average Bonchev–Trinajstić information content (AvgIpc) is 2.05. The van der Waals surface area contributed by atoms with Crippen molar-refractivity contribution in [3.8, 4) is 0 Å². The smallest absolute Gasteiger partial charge is 0.156 e. The number of halogens is 2. The minimum atomic E-state index is -3.25. The molecule has 0 aliphatic carbocycles. The quantitative estimate of drug-likeness (QED) is 0.917. The second kappa shape index (κ2) is 5.26.